The van der Waals surface area contributed by atoms with Crippen LogP contribution in [0.1, 0.15) is 23.2 Å². The average molecular weight is 379 g/mol. The number of hydrogen-bond acceptors (Lipinski definition) is 3. The molecule has 0 aliphatic carbocycles. The summed E-state index contributed by atoms with van der Waals surface area (Å²) < 4.78 is 19.7. The van der Waals surface area contributed by atoms with Gasteiger partial charge in [0.05, 0.1) is 12.7 Å². The highest BCUT2D eigenvalue weighted by Crippen LogP contribution is 2.25. The van der Waals surface area contributed by atoms with Gasteiger partial charge < -0.3 is 15.0 Å². The van der Waals surface area contributed by atoms with Gasteiger partial charge in [-0.05, 0) is 55.3 Å². The van der Waals surface area contributed by atoms with Crippen molar-refractivity contribution in [2.24, 2.45) is 0 Å². The van der Waals surface area contributed by atoms with Crippen LogP contribution in [0, 0.1) is 5.82 Å². The summed E-state index contributed by atoms with van der Waals surface area (Å²) in [5.41, 5.74) is 1.76. The normalized spacial score (nSPS) is 14.7. The molecular weight excluding hydrogens is 355 g/mol. The zero-order valence-corrected chi connectivity index (χ0v) is 15.8. The third kappa shape index (κ3) is 4.34. The fourth-order valence-corrected chi connectivity index (χ4v) is 3.19. The molecule has 140 valence electrons. The summed E-state index contributed by atoms with van der Waals surface area (Å²) in [6.07, 6.45) is 1.79. The summed E-state index contributed by atoms with van der Waals surface area (Å²) in [6.45, 7) is 1.31. The van der Waals surface area contributed by atoms with Crippen molar-refractivity contribution in [3.05, 3.63) is 53.8 Å². The van der Waals surface area contributed by atoms with Gasteiger partial charge in [0.15, 0.2) is 0 Å². The van der Waals surface area contributed by atoms with Crippen molar-refractivity contribution in [3.8, 4) is 16.9 Å². The van der Waals surface area contributed by atoms with E-state index in [-0.39, 0.29) is 23.9 Å². The monoisotopic (exact) mass is 378 g/mol. The number of benzene rings is 2. The van der Waals surface area contributed by atoms with Crippen LogP contribution >= 0.6 is 12.4 Å². The summed E-state index contributed by atoms with van der Waals surface area (Å²) in [6, 6.07) is 12.6. The first kappa shape index (κ1) is 20.2. The predicted molar refractivity (Wildman–Crippen MR) is 104 cm³/mol. The summed E-state index contributed by atoms with van der Waals surface area (Å²) in [7, 11) is 3.54. The van der Waals surface area contributed by atoms with Crippen molar-refractivity contribution in [2.75, 3.05) is 27.2 Å². The molecular formula is C20H24ClFN2O2. The van der Waals surface area contributed by atoms with E-state index in [1.165, 1.54) is 6.07 Å². The van der Waals surface area contributed by atoms with E-state index in [9.17, 15) is 9.18 Å². The van der Waals surface area contributed by atoms with Crippen LogP contribution in [0.3, 0.4) is 0 Å². The summed E-state index contributed by atoms with van der Waals surface area (Å²) in [5.74, 6) is 0.0448. The Hall–Kier alpha value is -2.11. The number of piperidine rings is 1. The molecule has 3 rings (SSSR count). The molecule has 4 nitrogen and oxygen atoms in total. The van der Waals surface area contributed by atoms with E-state index in [1.54, 1.807) is 24.1 Å². The molecule has 0 saturated carbocycles. The highest BCUT2D eigenvalue weighted by molar-refractivity contribution is 5.95. The largest absolute Gasteiger partial charge is 0.497 e. The van der Waals surface area contributed by atoms with Gasteiger partial charge in [-0.15, -0.1) is 12.4 Å². The zero-order valence-electron chi connectivity index (χ0n) is 15.0. The number of likely N-dealkylation sites (tertiary alicyclic amines) is 1. The third-order valence-electron chi connectivity index (χ3n) is 4.81. The Labute approximate surface area is 159 Å². The number of nitrogens with one attached hydrogen (secondary N) is 1. The first-order chi connectivity index (χ1) is 12.1. The Bertz CT molecular complexity index is 744. The second-order valence-corrected chi connectivity index (χ2v) is 6.28. The molecule has 2 aromatic carbocycles. The summed E-state index contributed by atoms with van der Waals surface area (Å²) in [5, 5.41) is 3.23. The van der Waals surface area contributed by atoms with Gasteiger partial charge in [-0.3, -0.25) is 4.79 Å². The molecule has 1 fully saturated rings. The Morgan fingerprint density at radius 3 is 2.27 bits per heavy atom. The van der Waals surface area contributed by atoms with Gasteiger partial charge in [-0.25, -0.2) is 4.39 Å². The lowest BCUT2D eigenvalue weighted by Gasteiger charge is -2.32. The molecule has 0 radical (unpaired) electrons. The fraction of sp³-hybridized carbons (Fsp3) is 0.350. The van der Waals surface area contributed by atoms with Gasteiger partial charge in [0.1, 0.15) is 11.6 Å². The highest BCUT2D eigenvalue weighted by Gasteiger charge is 2.24. The number of nitrogens with zero attached hydrogens (tertiary/aromatic N) is 1. The predicted octanol–water partition coefficient (Wildman–Crippen LogP) is 3.75. The van der Waals surface area contributed by atoms with E-state index in [1.807, 2.05) is 31.3 Å². The molecule has 6 heteroatoms. The molecule has 0 atom stereocenters. The maximum atomic E-state index is 14.5. The summed E-state index contributed by atoms with van der Waals surface area (Å²) in [4.78, 5) is 14.3. The second-order valence-electron chi connectivity index (χ2n) is 6.28. The van der Waals surface area contributed by atoms with E-state index < -0.39 is 5.82 Å². The minimum atomic E-state index is -0.478. The van der Waals surface area contributed by atoms with E-state index in [2.05, 4.69) is 5.32 Å². The number of carbonyl (C=O) groups excluding carboxylic acids is 1. The Morgan fingerprint density at radius 1 is 1.12 bits per heavy atom. The molecule has 0 aromatic heterocycles. The molecule has 1 heterocycles. The number of halogens is 2. The van der Waals surface area contributed by atoms with Gasteiger partial charge >= 0.3 is 0 Å². The quantitative estimate of drug-likeness (QED) is 0.881. The van der Waals surface area contributed by atoms with Gasteiger partial charge in [0.2, 0.25) is 0 Å². The fourth-order valence-electron chi connectivity index (χ4n) is 3.19. The number of ether oxygens (including phenoxy) is 1. The molecule has 0 spiro atoms. The van der Waals surface area contributed by atoms with Crippen molar-refractivity contribution >= 4 is 18.3 Å². The minimum absolute atomic E-state index is 0. The van der Waals surface area contributed by atoms with Crippen molar-refractivity contribution in [1.82, 2.24) is 10.2 Å². The summed E-state index contributed by atoms with van der Waals surface area (Å²) >= 11 is 0. The Kier molecular flexibility index (Phi) is 7.00. The topological polar surface area (TPSA) is 41.6 Å². The van der Waals surface area contributed by atoms with Crippen molar-refractivity contribution in [2.45, 2.75) is 18.9 Å². The lowest BCUT2D eigenvalue weighted by Crippen LogP contribution is -2.44. The van der Waals surface area contributed by atoms with Gasteiger partial charge in [-0.2, -0.15) is 0 Å². The standard InChI is InChI=1S/C20H23FN2O2.ClH/c1-22-16-9-11-23(12-10-16)20(24)18-8-5-15(13-19(18)21)14-3-6-17(25-2)7-4-14;/h3-8,13,16,22H,9-12H2,1-2H3;1H. The van der Waals surface area contributed by atoms with E-state index in [4.69, 9.17) is 4.74 Å². The smallest absolute Gasteiger partial charge is 0.256 e. The van der Waals surface area contributed by atoms with Crippen molar-refractivity contribution < 1.29 is 13.9 Å². The van der Waals surface area contributed by atoms with Crippen LogP contribution < -0.4 is 10.1 Å². The number of carbonyl (C=O) groups is 1. The molecule has 1 saturated heterocycles. The van der Waals surface area contributed by atoms with E-state index in [0.717, 1.165) is 29.7 Å². The van der Waals surface area contributed by atoms with Crippen LogP contribution in [-0.4, -0.2) is 44.1 Å². The molecule has 1 aliphatic heterocycles. The number of amides is 1. The lowest BCUT2D eigenvalue weighted by atomic mass is 10.0. The van der Waals surface area contributed by atoms with Crippen LogP contribution in [0.5, 0.6) is 5.75 Å². The first-order valence-electron chi connectivity index (χ1n) is 8.53. The second kappa shape index (κ2) is 9.01. The van der Waals surface area contributed by atoms with Crippen LogP contribution in [0.15, 0.2) is 42.5 Å². The molecule has 1 amide bonds. The maximum absolute atomic E-state index is 14.5. The van der Waals surface area contributed by atoms with Crippen molar-refractivity contribution in [3.63, 3.8) is 0 Å². The zero-order chi connectivity index (χ0) is 17.8. The van der Waals surface area contributed by atoms with Gasteiger partial charge in [-0.1, -0.05) is 18.2 Å². The lowest BCUT2D eigenvalue weighted by molar-refractivity contribution is 0.0702. The van der Waals surface area contributed by atoms with Crippen LogP contribution in [-0.2, 0) is 0 Å². The Morgan fingerprint density at radius 2 is 1.73 bits per heavy atom. The third-order valence-corrected chi connectivity index (χ3v) is 4.81. The maximum Gasteiger partial charge on any atom is 0.256 e. The molecule has 2 aromatic rings. The van der Waals surface area contributed by atoms with Crippen LogP contribution in [0.25, 0.3) is 11.1 Å². The van der Waals surface area contributed by atoms with E-state index >= 15 is 0 Å². The minimum Gasteiger partial charge on any atom is -0.497 e. The first-order valence-corrected chi connectivity index (χ1v) is 8.53. The van der Waals surface area contributed by atoms with Crippen LogP contribution in [0.2, 0.25) is 0 Å². The number of methoxy groups -OCH3 is 1. The molecule has 0 bridgehead atoms. The van der Waals surface area contributed by atoms with Crippen LogP contribution in [0.4, 0.5) is 4.39 Å². The van der Waals surface area contributed by atoms with Gasteiger partial charge in [0, 0.05) is 19.1 Å². The number of rotatable bonds is 4. The molecule has 1 N–H and O–H groups in total. The van der Waals surface area contributed by atoms with E-state index in [0.29, 0.717) is 19.1 Å². The SMILES string of the molecule is CNC1CCN(C(=O)c2ccc(-c3ccc(OC)cc3)cc2F)CC1.Cl. The highest BCUT2D eigenvalue weighted by atomic mass is 35.5. The molecule has 26 heavy (non-hydrogen) atoms. The molecule has 0 unspecified atom stereocenters. The van der Waals surface area contributed by atoms with Crippen molar-refractivity contribution in [1.29, 1.82) is 0 Å². The Balaban J connectivity index is 0.00000243. The average Bonchev–Trinajstić information content (AvgIpc) is 2.67. The molecule has 1 aliphatic rings. The number of hydrogen-bond donors (Lipinski definition) is 1. The van der Waals surface area contributed by atoms with Gasteiger partial charge in [0.25, 0.3) is 5.91 Å².